The summed E-state index contributed by atoms with van der Waals surface area (Å²) in [6.07, 6.45) is 1.13. The van der Waals surface area contributed by atoms with Crippen LogP contribution in [0.4, 0.5) is 26.3 Å². The molecule has 0 unspecified atom stereocenters. The highest BCUT2D eigenvalue weighted by atomic mass is 32.3. The quantitative estimate of drug-likeness (QED) is 0.643. The lowest BCUT2D eigenvalue weighted by molar-refractivity contribution is -0.0462. The smallest absolute Gasteiger partial charge is 0.221 e. The van der Waals surface area contributed by atoms with Crippen LogP contribution in [0.15, 0.2) is 35.7 Å². The normalized spacial score (nSPS) is 14.4. The van der Waals surface area contributed by atoms with E-state index in [9.17, 15) is 51.6 Å². The van der Waals surface area contributed by atoms with Crippen LogP contribution >= 0.6 is 0 Å². The van der Waals surface area contributed by atoms with Crippen LogP contribution in [0, 0.1) is 0 Å². The lowest BCUT2D eigenvalue weighted by Gasteiger charge is -2.21. The summed E-state index contributed by atoms with van der Waals surface area (Å²) in [5.74, 6) is 0. The highest BCUT2D eigenvalue weighted by Crippen LogP contribution is 2.40. The Morgan fingerprint density at radius 2 is 1.12 bits per heavy atom. The Balaban J connectivity index is 3.89. The van der Waals surface area contributed by atoms with Crippen molar-refractivity contribution in [1.82, 2.24) is 0 Å². The highest BCUT2D eigenvalue weighted by Gasteiger charge is 2.68. The summed E-state index contributed by atoms with van der Waals surface area (Å²) >= 11 is 0. The molecule has 0 saturated heterocycles. The summed E-state index contributed by atoms with van der Waals surface area (Å²) in [5.41, 5.74) is -13.0. The van der Waals surface area contributed by atoms with Gasteiger partial charge < -0.3 is 0 Å². The molecule has 0 saturated carbocycles. The molecule has 0 amide bonds. The summed E-state index contributed by atoms with van der Waals surface area (Å²) < 4.78 is 141. The second-order valence-electron chi connectivity index (χ2n) is 4.59. The predicted octanol–water partition coefficient (Wildman–Crippen LogP) is 2.26. The monoisotopic (exact) mass is 446 g/mol. The van der Waals surface area contributed by atoms with Crippen molar-refractivity contribution in [3.05, 3.63) is 36.4 Å². The molecule has 15 heteroatoms. The van der Waals surface area contributed by atoms with Gasteiger partial charge in [-0.1, -0.05) is 24.8 Å². The largest absolute Gasteiger partial charge is 0.499 e. The third-order valence-electron chi connectivity index (χ3n) is 2.85. The van der Waals surface area contributed by atoms with Gasteiger partial charge in [-0.2, -0.15) is 26.3 Å². The maximum atomic E-state index is 12.7. The molecule has 0 aliphatic heterocycles. The lowest BCUT2D eigenvalue weighted by atomic mass is 10.2. The fourth-order valence-corrected chi connectivity index (χ4v) is 8.78. The van der Waals surface area contributed by atoms with Crippen molar-refractivity contribution in [3.63, 3.8) is 0 Å². The topological polar surface area (TPSA) is 102 Å². The maximum absolute atomic E-state index is 12.7. The molecule has 0 atom stereocenters. The lowest BCUT2D eigenvalue weighted by Crippen LogP contribution is -2.49. The van der Waals surface area contributed by atoms with Gasteiger partial charge in [-0.3, -0.25) is 0 Å². The second kappa shape index (κ2) is 6.53. The number of alkyl halides is 6. The van der Waals surface area contributed by atoms with Gasteiger partial charge in [0.1, 0.15) is 0 Å². The van der Waals surface area contributed by atoms with Crippen LogP contribution in [-0.2, 0) is 29.5 Å². The molecule has 1 aromatic rings. The average molecular weight is 446 g/mol. The van der Waals surface area contributed by atoms with Crippen LogP contribution in [0.5, 0.6) is 0 Å². The summed E-state index contributed by atoms with van der Waals surface area (Å²) in [4.78, 5) is -1.37. The van der Waals surface area contributed by atoms with Crippen molar-refractivity contribution >= 4 is 35.6 Å². The van der Waals surface area contributed by atoms with Crippen molar-refractivity contribution in [2.45, 2.75) is 19.8 Å². The molecule has 0 radical (unpaired) electrons. The van der Waals surface area contributed by atoms with E-state index >= 15 is 0 Å². The maximum Gasteiger partial charge on any atom is 0.499 e. The fraction of sp³-hybridized carbons (Fsp3) is 0.273. The minimum Gasteiger partial charge on any atom is -0.221 e. The average Bonchev–Trinajstić information content (AvgIpc) is 2.44. The Hall–Kier alpha value is -1.61. The number of benzene rings is 1. The molecular formula is C11H8F6O6S3. The third kappa shape index (κ3) is 3.73. The molecule has 26 heavy (non-hydrogen) atoms. The zero-order chi connectivity index (χ0) is 20.8. The van der Waals surface area contributed by atoms with E-state index < -0.39 is 49.3 Å². The summed E-state index contributed by atoms with van der Waals surface area (Å²) in [6, 6.07) is 2.66. The molecule has 0 N–H and O–H groups in total. The molecule has 6 nitrogen and oxygen atoms in total. The van der Waals surface area contributed by atoms with Gasteiger partial charge in [0.25, 0.3) is 23.6 Å². The van der Waals surface area contributed by atoms with Gasteiger partial charge in [-0.25, -0.2) is 25.3 Å². The van der Waals surface area contributed by atoms with Gasteiger partial charge in [-0.15, -0.1) is 0 Å². The first kappa shape index (κ1) is 22.4. The predicted molar refractivity (Wildman–Crippen MR) is 77.5 cm³/mol. The van der Waals surface area contributed by atoms with Crippen LogP contribution in [0.25, 0.3) is 6.08 Å². The van der Waals surface area contributed by atoms with Gasteiger partial charge in [0.05, 0.1) is 4.90 Å². The van der Waals surface area contributed by atoms with E-state index in [1.165, 1.54) is 0 Å². The first-order chi connectivity index (χ1) is 11.4. The molecule has 0 aliphatic rings. The van der Waals surface area contributed by atoms with Crippen LogP contribution in [0.2, 0.25) is 0 Å². The van der Waals surface area contributed by atoms with E-state index in [0.717, 1.165) is 18.2 Å². The van der Waals surface area contributed by atoms with Gasteiger partial charge in [0.15, 0.2) is 0 Å². The zero-order valence-electron chi connectivity index (χ0n) is 12.1. The van der Waals surface area contributed by atoms with E-state index in [2.05, 4.69) is 6.58 Å². The SMILES string of the molecule is C=Cc1ccc(S(=O)(=O)C(S(=O)(=O)C(F)(F)F)S(=O)(=O)C(F)(F)F)cc1. The minimum atomic E-state index is -7.32. The molecular weight excluding hydrogens is 438 g/mol. The number of hydrogen-bond donors (Lipinski definition) is 0. The fourth-order valence-electron chi connectivity index (χ4n) is 1.62. The Bertz CT molecular complexity index is 958. The molecule has 0 heterocycles. The summed E-state index contributed by atoms with van der Waals surface area (Å²) in [5, 5.41) is 0. The summed E-state index contributed by atoms with van der Waals surface area (Å²) in [7, 11) is -20.8. The molecule has 0 bridgehead atoms. The molecule has 1 rings (SSSR count). The van der Waals surface area contributed by atoms with Crippen molar-refractivity contribution in [2.24, 2.45) is 0 Å². The van der Waals surface area contributed by atoms with E-state index in [1.807, 2.05) is 0 Å². The van der Waals surface area contributed by atoms with E-state index in [0.29, 0.717) is 12.1 Å². The van der Waals surface area contributed by atoms with Crippen LogP contribution < -0.4 is 0 Å². The molecule has 0 fully saturated rings. The first-order valence-electron chi connectivity index (χ1n) is 5.97. The van der Waals surface area contributed by atoms with E-state index in [4.69, 9.17) is 0 Å². The zero-order valence-corrected chi connectivity index (χ0v) is 14.6. The Morgan fingerprint density at radius 1 is 0.769 bits per heavy atom. The number of hydrogen-bond acceptors (Lipinski definition) is 6. The molecule has 0 aliphatic carbocycles. The first-order valence-corrected chi connectivity index (χ1v) is 10.6. The van der Waals surface area contributed by atoms with Crippen LogP contribution in [0.3, 0.4) is 0 Å². The Morgan fingerprint density at radius 3 is 1.38 bits per heavy atom. The van der Waals surface area contributed by atoms with Gasteiger partial charge in [0.2, 0.25) is 9.84 Å². The minimum absolute atomic E-state index is 0.179. The molecule has 0 aromatic heterocycles. The van der Waals surface area contributed by atoms with E-state index in [-0.39, 0.29) is 5.56 Å². The summed E-state index contributed by atoms with van der Waals surface area (Å²) in [6.45, 7) is 3.26. The van der Waals surface area contributed by atoms with Crippen LogP contribution in [0.1, 0.15) is 5.56 Å². The van der Waals surface area contributed by atoms with E-state index in [1.54, 1.807) is 0 Å². The molecule has 148 valence electrons. The van der Waals surface area contributed by atoms with Crippen molar-refractivity contribution < 1.29 is 51.6 Å². The number of halogens is 6. The van der Waals surface area contributed by atoms with Gasteiger partial charge in [0, 0.05) is 0 Å². The van der Waals surface area contributed by atoms with Gasteiger partial charge >= 0.3 is 11.0 Å². The number of rotatable bonds is 5. The standard InChI is InChI=1S/C11H8F6O6S3/c1-2-7-3-5-8(6-4-7)24(18,19)9(25(20,21)10(12,13)14)26(22,23)11(15,16)17/h2-6,9H,1H2. The molecule has 1 aromatic carbocycles. The van der Waals surface area contributed by atoms with Gasteiger partial charge in [-0.05, 0) is 17.7 Å². The highest BCUT2D eigenvalue weighted by molar-refractivity contribution is 8.24. The molecule has 0 spiro atoms. The van der Waals surface area contributed by atoms with Crippen molar-refractivity contribution in [3.8, 4) is 0 Å². The second-order valence-corrected chi connectivity index (χ2v) is 11.6. The third-order valence-corrected chi connectivity index (χ3v) is 11.1. The Labute approximate surface area is 143 Å². The Kier molecular flexibility index (Phi) is 5.63. The van der Waals surface area contributed by atoms with Crippen molar-refractivity contribution in [1.29, 1.82) is 0 Å². The van der Waals surface area contributed by atoms with Crippen molar-refractivity contribution in [2.75, 3.05) is 0 Å². The van der Waals surface area contributed by atoms with Crippen LogP contribution in [-0.4, -0.2) is 40.2 Å². The number of sulfone groups is 3.